The number of nitro benzene ring substituents is 2. The highest BCUT2D eigenvalue weighted by molar-refractivity contribution is 5.90. The Morgan fingerprint density at radius 3 is 2.00 bits per heavy atom. The third kappa shape index (κ3) is 15.3. The van der Waals surface area contributed by atoms with Crippen molar-refractivity contribution in [3.8, 4) is 0 Å². The molecule has 1 unspecified atom stereocenters. The number of nitrogens with zero attached hydrogens (tertiary/aromatic N) is 2. The van der Waals surface area contributed by atoms with Gasteiger partial charge < -0.3 is 42.6 Å². The quantitative estimate of drug-likeness (QED) is 0.0203. The number of benzene rings is 3. The van der Waals surface area contributed by atoms with E-state index >= 15 is 0 Å². The van der Waals surface area contributed by atoms with Crippen LogP contribution < -0.4 is 0 Å². The van der Waals surface area contributed by atoms with E-state index < -0.39 is 82.0 Å². The Morgan fingerprint density at radius 1 is 0.784 bits per heavy atom. The van der Waals surface area contributed by atoms with E-state index in [1.807, 2.05) is 58.0 Å². The smallest absolute Gasteiger partial charge is 0.338 e. The molecule has 0 radical (unpaired) electrons. The molecule has 6 rings (SSSR count). The zero-order chi connectivity index (χ0) is 53.7. The third-order valence-electron chi connectivity index (χ3n) is 13.7. The van der Waals surface area contributed by atoms with Gasteiger partial charge in [0.1, 0.15) is 24.9 Å². The van der Waals surface area contributed by atoms with Gasteiger partial charge in [-0.3, -0.25) is 25.0 Å². The van der Waals surface area contributed by atoms with Gasteiger partial charge in [-0.25, -0.2) is 14.4 Å². The first kappa shape index (κ1) is 56.9. The van der Waals surface area contributed by atoms with Crippen molar-refractivity contribution in [2.45, 2.75) is 140 Å². The highest BCUT2D eigenvalue weighted by Crippen LogP contribution is 2.44. The van der Waals surface area contributed by atoms with Crippen LogP contribution in [0.25, 0.3) is 0 Å². The van der Waals surface area contributed by atoms with Crippen molar-refractivity contribution in [2.75, 3.05) is 34.0 Å². The van der Waals surface area contributed by atoms with Crippen molar-refractivity contribution in [3.63, 3.8) is 0 Å². The normalized spacial score (nSPS) is 25.2. The predicted octanol–water partition coefficient (Wildman–Crippen LogP) is 8.83. The van der Waals surface area contributed by atoms with Crippen LogP contribution in [0, 0.1) is 31.6 Å². The van der Waals surface area contributed by atoms with Gasteiger partial charge in [0.2, 0.25) is 0 Å². The number of non-ortho nitro benzene ring substituents is 2. The summed E-state index contributed by atoms with van der Waals surface area (Å²) in [6, 6.07) is 19.4. The summed E-state index contributed by atoms with van der Waals surface area (Å²) in [5.74, 6) is -2.82. The summed E-state index contributed by atoms with van der Waals surface area (Å²) < 4.78 is 54.9. The Bertz CT molecular complexity index is 2460. The van der Waals surface area contributed by atoms with Crippen molar-refractivity contribution in [1.29, 1.82) is 0 Å². The van der Waals surface area contributed by atoms with Crippen LogP contribution in [0.5, 0.6) is 0 Å². The average Bonchev–Trinajstić information content (AvgIpc) is 3.88. The molecular weight excluding hydrogens is 961 g/mol. The van der Waals surface area contributed by atoms with Crippen LogP contribution in [0.3, 0.4) is 0 Å². The fourth-order valence-corrected chi connectivity index (χ4v) is 9.72. The lowest BCUT2D eigenvalue weighted by Gasteiger charge is -2.45. The molecule has 3 heterocycles. The summed E-state index contributed by atoms with van der Waals surface area (Å²) in [6.07, 6.45) is -0.386. The minimum Gasteiger partial charge on any atom is -0.465 e. The number of hydrogen-bond donors (Lipinski definition) is 0. The lowest BCUT2D eigenvalue weighted by molar-refractivity contribution is -0.385. The summed E-state index contributed by atoms with van der Waals surface area (Å²) in [6.45, 7) is 15.6. The lowest BCUT2D eigenvalue weighted by atomic mass is 9.79. The number of carbonyl (C=O) groups is 4. The Balaban J connectivity index is 1.22. The minimum absolute atomic E-state index is 0.00838. The average molecular weight is 1030 g/mol. The van der Waals surface area contributed by atoms with Gasteiger partial charge in [-0.05, 0) is 107 Å². The fraction of sp³-hybridized carbons (Fsp3) is 0.527. The number of hydrogen-bond acceptors (Lipinski definition) is 17. The highest BCUT2D eigenvalue weighted by atomic mass is 16.6. The monoisotopic (exact) mass is 1030 g/mol. The van der Waals surface area contributed by atoms with Crippen LogP contribution in [0.1, 0.15) is 105 Å². The molecular formula is C55H68N2O17. The maximum atomic E-state index is 13.7. The van der Waals surface area contributed by atoms with E-state index in [1.165, 1.54) is 55.6 Å². The van der Waals surface area contributed by atoms with Crippen LogP contribution >= 0.6 is 0 Å². The molecule has 3 fully saturated rings. The Labute approximate surface area is 431 Å². The fourth-order valence-electron chi connectivity index (χ4n) is 9.72. The molecule has 19 heteroatoms. The van der Waals surface area contributed by atoms with Crippen molar-refractivity contribution in [1.82, 2.24) is 0 Å². The SMILES string of the molecule is C=C1C[C@H](CCCOC(=O)C(C)(C)C)O[C@H]1CC[C@H]1C[C@@](C)(OC(=O)COC)C(=C)C(C[C@@H]2O[C@H](C[C@@H](COC(=O)c3ccc([N+](=O)[O-])cc3)OC(=O)c3ccc([N+](=O)[O-])cc3)[C@H](OC)[C@H]2Cc2ccccc2)O1. The molecule has 0 N–H and O–H groups in total. The van der Waals surface area contributed by atoms with E-state index in [0.717, 1.165) is 11.1 Å². The summed E-state index contributed by atoms with van der Waals surface area (Å²) in [5, 5.41) is 22.6. The Hall–Kier alpha value is -6.38. The summed E-state index contributed by atoms with van der Waals surface area (Å²) in [5.41, 5.74) is 0.314. The van der Waals surface area contributed by atoms with E-state index in [9.17, 15) is 39.4 Å². The van der Waals surface area contributed by atoms with Crippen LogP contribution in [0.2, 0.25) is 0 Å². The van der Waals surface area contributed by atoms with Gasteiger partial charge in [-0.15, -0.1) is 0 Å². The molecule has 0 aliphatic carbocycles. The standard InChI is InChI=1S/C55H68N2O17/c1-34-27-41(15-12-26-68-53(61)54(3,4)5)70-45(34)25-24-42-31-55(6,74-49(58)33-66-7)35(2)46(71-42)30-47-44(28-36-13-10-9-11-14-36)50(67-8)48(73-47)29-43(72-52(60)38-18-22-40(23-19-38)57(64)65)32-69-51(59)37-16-20-39(21-17-37)56(62)63/h9-11,13-14,16-23,41-48,50H,1-2,12,15,24-33H2,3-8H3/t41-,42-,43-,44-,45-,46?,47-,48+,50+,55+/m0/s1. The summed E-state index contributed by atoms with van der Waals surface area (Å²) in [7, 11) is 2.96. The molecule has 3 aliphatic heterocycles. The molecule has 10 atom stereocenters. The van der Waals surface area contributed by atoms with Crippen molar-refractivity contribution < 1.29 is 71.7 Å². The van der Waals surface area contributed by atoms with E-state index in [0.29, 0.717) is 57.1 Å². The second kappa shape index (κ2) is 25.7. The van der Waals surface area contributed by atoms with Crippen LogP contribution in [-0.2, 0) is 58.6 Å². The highest BCUT2D eigenvalue weighted by Gasteiger charge is 2.50. The number of methoxy groups -OCH3 is 2. The number of ether oxygens (including phenoxy) is 9. The zero-order valence-corrected chi connectivity index (χ0v) is 42.9. The van der Waals surface area contributed by atoms with Gasteiger partial charge in [0, 0.05) is 63.7 Å². The second-order valence-electron chi connectivity index (χ2n) is 20.3. The van der Waals surface area contributed by atoms with E-state index in [2.05, 4.69) is 13.2 Å². The summed E-state index contributed by atoms with van der Waals surface area (Å²) in [4.78, 5) is 73.7. The maximum absolute atomic E-state index is 13.7. The van der Waals surface area contributed by atoms with Crippen molar-refractivity contribution >= 4 is 35.3 Å². The van der Waals surface area contributed by atoms with Crippen LogP contribution in [0.15, 0.2) is 103 Å². The van der Waals surface area contributed by atoms with Crippen molar-refractivity contribution in [3.05, 3.63) is 140 Å². The Kier molecular flexibility index (Phi) is 19.8. The Morgan fingerprint density at radius 2 is 1.41 bits per heavy atom. The second-order valence-corrected chi connectivity index (χ2v) is 20.3. The maximum Gasteiger partial charge on any atom is 0.338 e. The number of nitro groups is 2. The van der Waals surface area contributed by atoms with Crippen LogP contribution in [-0.4, -0.2) is 122 Å². The molecule has 0 spiro atoms. The number of carbonyl (C=O) groups excluding carboxylic acids is 4. The molecule has 0 aromatic heterocycles. The van der Waals surface area contributed by atoms with Gasteiger partial charge in [0.25, 0.3) is 11.4 Å². The van der Waals surface area contributed by atoms with Gasteiger partial charge in [0.05, 0.1) is 75.7 Å². The number of esters is 4. The van der Waals surface area contributed by atoms with Gasteiger partial charge in [-0.1, -0.05) is 43.5 Å². The van der Waals surface area contributed by atoms with Crippen LogP contribution in [0.4, 0.5) is 11.4 Å². The zero-order valence-electron chi connectivity index (χ0n) is 42.9. The van der Waals surface area contributed by atoms with E-state index in [4.69, 9.17) is 42.6 Å². The predicted molar refractivity (Wildman–Crippen MR) is 268 cm³/mol. The molecule has 3 aromatic carbocycles. The van der Waals surface area contributed by atoms with Gasteiger partial charge >= 0.3 is 23.9 Å². The topological polar surface area (TPSA) is 238 Å². The van der Waals surface area contributed by atoms with E-state index in [-0.39, 0.29) is 66.0 Å². The first-order chi connectivity index (χ1) is 35.2. The molecule has 3 aromatic rings. The molecule has 0 bridgehead atoms. The molecule has 3 saturated heterocycles. The molecule has 3 aliphatic rings. The van der Waals surface area contributed by atoms with Gasteiger partial charge in [-0.2, -0.15) is 0 Å². The third-order valence-corrected chi connectivity index (χ3v) is 13.7. The molecule has 19 nitrogen and oxygen atoms in total. The van der Waals surface area contributed by atoms with Gasteiger partial charge in [0.15, 0.2) is 0 Å². The molecule has 400 valence electrons. The van der Waals surface area contributed by atoms with Crippen molar-refractivity contribution in [2.24, 2.45) is 11.3 Å². The van der Waals surface area contributed by atoms with E-state index in [1.54, 1.807) is 7.11 Å². The molecule has 74 heavy (non-hydrogen) atoms. The molecule has 0 amide bonds. The first-order valence-electron chi connectivity index (χ1n) is 24.8. The minimum atomic E-state index is -1.16. The molecule has 0 saturated carbocycles. The largest absolute Gasteiger partial charge is 0.465 e. The number of rotatable bonds is 24. The lowest BCUT2D eigenvalue weighted by Crippen LogP contribution is -2.50. The summed E-state index contributed by atoms with van der Waals surface area (Å²) >= 11 is 0. The first-order valence-corrected chi connectivity index (χ1v) is 24.8.